The Bertz CT molecular complexity index is 864. The lowest BCUT2D eigenvalue weighted by molar-refractivity contribution is 0.0939. The molecule has 26 heavy (non-hydrogen) atoms. The smallest absolute Gasteiger partial charge is 0.273 e. The molecule has 0 saturated carbocycles. The first kappa shape index (κ1) is 16.3. The van der Waals surface area contributed by atoms with Crippen LogP contribution in [0.4, 0.5) is 5.69 Å². The van der Waals surface area contributed by atoms with Crippen LogP contribution in [0.1, 0.15) is 16.9 Å². The minimum absolute atomic E-state index is 0.206. The van der Waals surface area contributed by atoms with Crippen molar-refractivity contribution in [1.82, 2.24) is 15.5 Å². The van der Waals surface area contributed by atoms with Crippen molar-refractivity contribution in [2.45, 2.75) is 6.42 Å². The van der Waals surface area contributed by atoms with Crippen LogP contribution in [0.2, 0.25) is 0 Å². The highest BCUT2D eigenvalue weighted by Gasteiger charge is 2.23. The Morgan fingerprint density at radius 1 is 1.23 bits per heavy atom. The summed E-state index contributed by atoms with van der Waals surface area (Å²) in [6.07, 6.45) is 4.43. The lowest BCUT2D eigenvalue weighted by Gasteiger charge is -2.18. The molecule has 0 radical (unpaired) electrons. The number of nitrogens with zero attached hydrogens (tertiary/aromatic N) is 3. The number of pyridine rings is 1. The monoisotopic (exact) mass is 348 g/mol. The number of hydrogen-bond acceptors (Lipinski definition) is 5. The van der Waals surface area contributed by atoms with Gasteiger partial charge >= 0.3 is 0 Å². The first-order valence-electron chi connectivity index (χ1n) is 8.75. The van der Waals surface area contributed by atoms with Crippen molar-refractivity contribution in [2.24, 2.45) is 5.92 Å². The molecule has 0 aliphatic carbocycles. The molecule has 1 aliphatic rings. The summed E-state index contributed by atoms with van der Waals surface area (Å²) < 4.78 is 5.26. The zero-order valence-electron chi connectivity index (χ0n) is 14.3. The highest BCUT2D eigenvalue weighted by molar-refractivity contribution is 5.93. The first-order chi connectivity index (χ1) is 12.8. The van der Waals surface area contributed by atoms with Crippen molar-refractivity contribution in [1.29, 1.82) is 0 Å². The average molecular weight is 348 g/mol. The third-order valence-electron chi connectivity index (χ3n) is 4.65. The summed E-state index contributed by atoms with van der Waals surface area (Å²) in [6.45, 7) is 2.60. The Morgan fingerprint density at radius 2 is 2.12 bits per heavy atom. The number of rotatable bonds is 5. The molecule has 2 aromatic heterocycles. The van der Waals surface area contributed by atoms with Gasteiger partial charge in [0.25, 0.3) is 5.91 Å². The molecule has 132 valence electrons. The number of nitrogens with one attached hydrogen (secondary N) is 1. The zero-order valence-corrected chi connectivity index (χ0v) is 14.3. The van der Waals surface area contributed by atoms with Gasteiger partial charge in [0.2, 0.25) is 0 Å². The van der Waals surface area contributed by atoms with E-state index in [1.807, 2.05) is 18.2 Å². The Kier molecular flexibility index (Phi) is 4.64. The number of anilines is 1. The summed E-state index contributed by atoms with van der Waals surface area (Å²) in [5.74, 6) is 0.769. The Labute approximate surface area is 151 Å². The number of carbonyl (C=O) groups excluding carboxylic acids is 1. The van der Waals surface area contributed by atoms with Crippen LogP contribution >= 0.6 is 0 Å². The maximum atomic E-state index is 12.3. The predicted octanol–water partition coefficient (Wildman–Crippen LogP) is 2.99. The van der Waals surface area contributed by atoms with Crippen LogP contribution in [0.5, 0.6) is 0 Å². The Balaban J connectivity index is 1.32. The van der Waals surface area contributed by atoms with Crippen LogP contribution < -0.4 is 10.2 Å². The van der Waals surface area contributed by atoms with Gasteiger partial charge < -0.3 is 14.7 Å². The summed E-state index contributed by atoms with van der Waals surface area (Å²) in [5.41, 5.74) is 2.33. The summed E-state index contributed by atoms with van der Waals surface area (Å²) in [4.78, 5) is 18.7. The zero-order chi connectivity index (χ0) is 17.8. The normalized spacial score (nSPS) is 16.6. The van der Waals surface area contributed by atoms with E-state index < -0.39 is 0 Å². The van der Waals surface area contributed by atoms with Crippen molar-refractivity contribution in [3.05, 3.63) is 66.6 Å². The van der Waals surface area contributed by atoms with Gasteiger partial charge in [-0.25, -0.2) is 0 Å². The largest absolute Gasteiger partial charge is 0.371 e. The number of carbonyl (C=O) groups is 1. The van der Waals surface area contributed by atoms with Crippen LogP contribution in [-0.4, -0.2) is 35.7 Å². The molecule has 1 fully saturated rings. The number of hydrogen-bond donors (Lipinski definition) is 1. The van der Waals surface area contributed by atoms with E-state index in [0.717, 1.165) is 25.1 Å². The van der Waals surface area contributed by atoms with Crippen molar-refractivity contribution >= 4 is 11.6 Å². The van der Waals surface area contributed by atoms with Crippen LogP contribution in [0.25, 0.3) is 11.3 Å². The number of amides is 1. The van der Waals surface area contributed by atoms with Crippen molar-refractivity contribution in [3.63, 3.8) is 0 Å². The standard InChI is InChI=1S/C20H20N4O2/c25-20(18-11-19(26-23-18)16-5-4-9-21-13-16)22-12-15-8-10-24(14-15)17-6-2-1-3-7-17/h1-7,9,11,13,15H,8,10,12,14H2,(H,22,25). The molecule has 3 aromatic rings. The van der Waals surface area contributed by atoms with Crippen LogP contribution in [0.3, 0.4) is 0 Å². The third-order valence-corrected chi connectivity index (χ3v) is 4.65. The van der Waals surface area contributed by atoms with E-state index >= 15 is 0 Å². The van der Waals surface area contributed by atoms with E-state index in [4.69, 9.17) is 4.52 Å². The van der Waals surface area contributed by atoms with E-state index in [1.54, 1.807) is 18.5 Å². The quantitative estimate of drug-likeness (QED) is 0.767. The average Bonchev–Trinajstić information content (AvgIpc) is 3.37. The van der Waals surface area contributed by atoms with Gasteiger partial charge in [0.15, 0.2) is 11.5 Å². The summed E-state index contributed by atoms with van der Waals surface area (Å²) in [6, 6.07) is 15.7. The lowest BCUT2D eigenvalue weighted by Crippen LogP contribution is -2.31. The van der Waals surface area contributed by atoms with E-state index in [0.29, 0.717) is 23.9 Å². The molecule has 3 heterocycles. The summed E-state index contributed by atoms with van der Waals surface area (Å²) in [7, 11) is 0. The lowest BCUT2D eigenvalue weighted by atomic mass is 10.1. The fourth-order valence-electron chi connectivity index (χ4n) is 3.23. The second-order valence-electron chi connectivity index (χ2n) is 6.46. The fraction of sp³-hybridized carbons (Fsp3) is 0.250. The van der Waals surface area contributed by atoms with E-state index in [1.165, 1.54) is 5.69 Å². The minimum Gasteiger partial charge on any atom is -0.371 e. The molecule has 1 amide bonds. The molecule has 1 N–H and O–H groups in total. The molecular formula is C20H20N4O2. The van der Waals surface area contributed by atoms with Crippen molar-refractivity contribution in [3.8, 4) is 11.3 Å². The van der Waals surface area contributed by atoms with Gasteiger partial charge in [0.1, 0.15) is 0 Å². The second kappa shape index (κ2) is 7.39. The first-order valence-corrected chi connectivity index (χ1v) is 8.75. The molecule has 1 atom stereocenters. The van der Waals surface area contributed by atoms with Gasteiger partial charge in [0.05, 0.1) is 0 Å². The molecule has 6 heteroatoms. The topological polar surface area (TPSA) is 71.3 Å². The number of benzene rings is 1. The van der Waals surface area contributed by atoms with Crippen molar-refractivity contribution in [2.75, 3.05) is 24.5 Å². The molecule has 1 saturated heterocycles. The molecule has 1 aromatic carbocycles. The van der Waals surface area contributed by atoms with Gasteiger partial charge in [-0.1, -0.05) is 23.4 Å². The Morgan fingerprint density at radius 3 is 2.92 bits per heavy atom. The molecular weight excluding hydrogens is 328 g/mol. The van der Waals surface area contributed by atoms with Crippen LogP contribution in [-0.2, 0) is 0 Å². The molecule has 1 aliphatic heterocycles. The maximum absolute atomic E-state index is 12.3. The van der Waals surface area contributed by atoms with Crippen LogP contribution in [0.15, 0.2) is 65.4 Å². The Hall–Kier alpha value is -3.15. The van der Waals surface area contributed by atoms with E-state index in [9.17, 15) is 4.79 Å². The van der Waals surface area contributed by atoms with E-state index in [-0.39, 0.29) is 5.91 Å². The fourth-order valence-corrected chi connectivity index (χ4v) is 3.23. The van der Waals surface area contributed by atoms with E-state index in [2.05, 4.69) is 44.6 Å². The minimum atomic E-state index is -0.206. The third kappa shape index (κ3) is 3.59. The van der Waals surface area contributed by atoms with Gasteiger partial charge in [-0.15, -0.1) is 0 Å². The second-order valence-corrected chi connectivity index (χ2v) is 6.46. The SMILES string of the molecule is O=C(NCC1CCN(c2ccccc2)C1)c1cc(-c2cccnc2)on1. The highest BCUT2D eigenvalue weighted by Crippen LogP contribution is 2.23. The molecule has 6 nitrogen and oxygen atoms in total. The van der Waals surface area contributed by atoms with Gasteiger partial charge in [-0.2, -0.15) is 0 Å². The molecule has 0 spiro atoms. The number of para-hydroxylation sites is 1. The summed E-state index contributed by atoms with van der Waals surface area (Å²) in [5, 5.41) is 6.85. The molecule has 1 unspecified atom stereocenters. The van der Waals surface area contributed by atoms with Crippen molar-refractivity contribution < 1.29 is 9.32 Å². The number of aromatic nitrogens is 2. The maximum Gasteiger partial charge on any atom is 0.273 e. The summed E-state index contributed by atoms with van der Waals surface area (Å²) >= 11 is 0. The molecule has 0 bridgehead atoms. The predicted molar refractivity (Wildman–Crippen MR) is 98.8 cm³/mol. The van der Waals surface area contributed by atoms with Gasteiger partial charge in [-0.05, 0) is 36.6 Å². The molecule has 4 rings (SSSR count). The van der Waals surface area contributed by atoms with Crippen LogP contribution in [0, 0.1) is 5.92 Å². The van der Waals surface area contributed by atoms with Gasteiger partial charge in [-0.3, -0.25) is 9.78 Å². The van der Waals surface area contributed by atoms with Gasteiger partial charge in [0, 0.05) is 49.3 Å². The highest BCUT2D eigenvalue weighted by atomic mass is 16.5.